The van der Waals surface area contributed by atoms with Crippen molar-refractivity contribution in [2.45, 2.75) is 47.1 Å². The van der Waals surface area contributed by atoms with Gasteiger partial charge in [-0.15, -0.1) is 13.2 Å². The van der Waals surface area contributed by atoms with Gasteiger partial charge < -0.3 is 23.5 Å². The number of aromatic nitrogens is 1. The third-order valence-electron chi connectivity index (χ3n) is 6.04. The summed E-state index contributed by atoms with van der Waals surface area (Å²) in [6.45, 7) is 9.47. The van der Waals surface area contributed by atoms with Crippen LogP contribution < -0.4 is 14.9 Å². The average Bonchev–Trinajstić information content (AvgIpc) is 3.22. The van der Waals surface area contributed by atoms with Crippen LogP contribution >= 0.6 is 19.2 Å². The Morgan fingerprint density at radius 1 is 0.950 bits per heavy atom. The zero-order chi connectivity index (χ0) is 29.2. The first-order valence-corrected chi connectivity index (χ1v) is 14.7. The highest BCUT2D eigenvalue weighted by molar-refractivity contribution is 7.62. The average molecular weight is 596 g/mol. The summed E-state index contributed by atoms with van der Waals surface area (Å²) < 4.78 is 74.2. The molecule has 0 aliphatic rings. The first-order valence-electron chi connectivity index (χ1n) is 12.7. The molecule has 1 aromatic heterocycles. The van der Waals surface area contributed by atoms with E-state index in [1.54, 1.807) is 32.0 Å². The van der Waals surface area contributed by atoms with Crippen molar-refractivity contribution < 1.29 is 36.3 Å². The number of benzene rings is 3. The van der Waals surface area contributed by atoms with E-state index in [9.17, 15) is 17.7 Å². The third kappa shape index (κ3) is 6.33. The minimum absolute atomic E-state index is 0.0216. The highest BCUT2D eigenvalue weighted by atomic mass is 35.5. The molecule has 214 valence electrons. The number of H-pyrrole nitrogens is 1. The molecule has 0 amide bonds. The molecule has 0 saturated heterocycles. The zero-order valence-corrected chi connectivity index (χ0v) is 24.3. The molecule has 4 aromatic rings. The van der Waals surface area contributed by atoms with E-state index in [4.69, 9.17) is 25.4 Å². The highest BCUT2D eigenvalue weighted by Crippen LogP contribution is 2.50. The van der Waals surface area contributed by atoms with E-state index in [0.717, 1.165) is 10.9 Å². The minimum Gasteiger partial charge on any atom is -0.491 e. The molecule has 0 aliphatic carbocycles. The summed E-state index contributed by atoms with van der Waals surface area (Å²) in [5, 5.41) is 0.547. The van der Waals surface area contributed by atoms with E-state index in [1.807, 2.05) is 45.0 Å². The number of aryl methyl sites for hydroxylation is 1. The summed E-state index contributed by atoms with van der Waals surface area (Å²) in [7, 11) is -3.68. The first-order chi connectivity index (χ1) is 18.9. The van der Waals surface area contributed by atoms with Gasteiger partial charge in [0.25, 0.3) is 0 Å². The fourth-order valence-electron chi connectivity index (χ4n) is 4.60. The molecule has 0 saturated carbocycles. The van der Waals surface area contributed by atoms with Crippen molar-refractivity contribution in [3.05, 3.63) is 65.2 Å². The number of aromatic amines is 1. The Hall–Kier alpha value is -2.97. The lowest BCUT2D eigenvalue weighted by Gasteiger charge is -2.17. The summed E-state index contributed by atoms with van der Waals surface area (Å²) in [6, 6.07) is 15.2. The second-order valence-electron chi connectivity index (χ2n) is 9.23. The van der Waals surface area contributed by atoms with Crippen molar-refractivity contribution in [3.63, 3.8) is 0 Å². The van der Waals surface area contributed by atoms with Gasteiger partial charge in [-0.05, 0) is 92.8 Å². The molecule has 4 rings (SSSR count). The Kier molecular flexibility index (Phi) is 8.90. The van der Waals surface area contributed by atoms with Gasteiger partial charge in [0.1, 0.15) is 16.9 Å². The monoisotopic (exact) mass is 595 g/mol. The SMILES string of the molecule is CCOP(=O)(OCC)c1[nH]c2ccc(-c3ccc(Cl)c(OC(F)(F)F)c3)c(-c3ccc(OC(C)C)cc3)c2c1C. The lowest BCUT2D eigenvalue weighted by Crippen LogP contribution is -2.17. The second kappa shape index (κ2) is 11.9. The van der Waals surface area contributed by atoms with E-state index >= 15 is 0 Å². The molecule has 0 spiro atoms. The quantitative estimate of drug-likeness (QED) is 0.185. The van der Waals surface area contributed by atoms with Crippen LogP contribution in [0.1, 0.15) is 33.3 Å². The number of nitrogens with one attached hydrogen (secondary N) is 1. The molecular weight excluding hydrogens is 566 g/mol. The fourth-order valence-corrected chi connectivity index (χ4v) is 6.55. The topological polar surface area (TPSA) is 69.8 Å². The number of alkyl halides is 3. The van der Waals surface area contributed by atoms with Gasteiger partial charge in [-0.25, -0.2) is 0 Å². The summed E-state index contributed by atoms with van der Waals surface area (Å²) in [5.74, 6) is 0.158. The fraction of sp³-hybridized carbons (Fsp3) is 0.310. The van der Waals surface area contributed by atoms with Crippen molar-refractivity contribution in [2.24, 2.45) is 0 Å². The molecule has 3 aromatic carbocycles. The van der Waals surface area contributed by atoms with E-state index in [-0.39, 0.29) is 24.3 Å². The van der Waals surface area contributed by atoms with Gasteiger partial charge in [0.2, 0.25) is 0 Å². The molecule has 40 heavy (non-hydrogen) atoms. The van der Waals surface area contributed by atoms with Crippen LogP contribution in [0.25, 0.3) is 33.2 Å². The Morgan fingerprint density at radius 2 is 1.57 bits per heavy atom. The van der Waals surface area contributed by atoms with Crippen LogP contribution in [0.3, 0.4) is 0 Å². The van der Waals surface area contributed by atoms with Crippen molar-refractivity contribution in [1.82, 2.24) is 4.98 Å². The number of rotatable bonds is 10. The normalized spacial score (nSPS) is 12.3. The molecule has 0 unspecified atom stereocenters. The summed E-state index contributed by atoms with van der Waals surface area (Å²) >= 11 is 6.04. The van der Waals surface area contributed by atoms with Gasteiger partial charge in [-0.1, -0.05) is 35.9 Å². The lowest BCUT2D eigenvalue weighted by atomic mass is 9.90. The molecule has 0 aliphatic heterocycles. The smallest absolute Gasteiger partial charge is 0.491 e. The van der Waals surface area contributed by atoms with E-state index in [2.05, 4.69) is 9.72 Å². The Morgan fingerprint density at radius 3 is 2.15 bits per heavy atom. The van der Waals surface area contributed by atoms with E-state index in [1.165, 1.54) is 12.1 Å². The number of hydrogen-bond acceptors (Lipinski definition) is 5. The third-order valence-corrected chi connectivity index (χ3v) is 8.55. The lowest BCUT2D eigenvalue weighted by molar-refractivity contribution is -0.274. The number of fused-ring (bicyclic) bond motifs is 1. The maximum Gasteiger partial charge on any atom is 0.573 e. The number of hydrogen-bond donors (Lipinski definition) is 1. The van der Waals surface area contributed by atoms with Gasteiger partial charge in [0, 0.05) is 10.9 Å². The van der Waals surface area contributed by atoms with E-state index < -0.39 is 19.7 Å². The highest BCUT2D eigenvalue weighted by Gasteiger charge is 2.34. The van der Waals surface area contributed by atoms with Crippen LogP contribution in [0.15, 0.2) is 54.6 Å². The molecule has 0 atom stereocenters. The molecule has 6 nitrogen and oxygen atoms in total. The first kappa shape index (κ1) is 30.0. The summed E-state index contributed by atoms with van der Waals surface area (Å²) in [6.07, 6.45) is -4.93. The largest absolute Gasteiger partial charge is 0.573 e. The molecule has 1 heterocycles. The van der Waals surface area contributed by atoms with E-state index in [0.29, 0.717) is 39.0 Å². The second-order valence-corrected chi connectivity index (χ2v) is 11.6. The molecule has 0 radical (unpaired) electrons. The predicted octanol–water partition coefficient (Wildman–Crippen LogP) is 9.04. The van der Waals surface area contributed by atoms with Gasteiger partial charge >= 0.3 is 14.0 Å². The molecule has 11 heteroatoms. The molecule has 0 fully saturated rings. The van der Waals surface area contributed by atoms with Crippen LogP contribution in [-0.4, -0.2) is 30.7 Å². The van der Waals surface area contributed by atoms with Crippen LogP contribution in [0.5, 0.6) is 11.5 Å². The van der Waals surface area contributed by atoms with Gasteiger partial charge in [0.05, 0.1) is 24.3 Å². The van der Waals surface area contributed by atoms with Gasteiger partial charge in [0.15, 0.2) is 0 Å². The standard InChI is InChI=1S/C29H30ClF3NO5P/c1-6-36-40(35,37-7-2)28-18(5)26-24(34-28)15-13-22(20-10-14-23(30)25(16-20)39-29(31,32)33)27(26)19-8-11-21(12-9-19)38-17(3)4/h8-17,34H,6-7H2,1-5H3. The summed E-state index contributed by atoms with van der Waals surface area (Å²) in [5.41, 5.74) is 4.15. The van der Waals surface area contributed by atoms with Gasteiger partial charge in [-0.2, -0.15) is 0 Å². The maximum absolute atomic E-state index is 13.7. The van der Waals surface area contributed by atoms with Crippen molar-refractivity contribution >= 4 is 35.5 Å². The van der Waals surface area contributed by atoms with Crippen molar-refractivity contribution in [2.75, 3.05) is 13.2 Å². The van der Waals surface area contributed by atoms with Crippen LogP contribution in [-0.2, 0) is 13.6 Å². The maximum atomic E-state index is 13.7. The number of halogens is 4. The Labute approximate surface area is 235 Å². The van der Waals surface area contributed by atoms with Crippen molar-refractivity contribution in [3.8, 4) is 33.8 Å². The van der Waals surface area contributed by atoms with Crippen molar-refractivity contribution in [1.29, 1.82) is 0 Å². The molecule has 0 bridgehead atoms. The van der Waals surface area contributed by atoms with Crippen LogP contribution in [0.2, 0.25) is 5.02 Å². The van der Waals surface area contributed by atoms with Crippen LogP contribution in [0, 0.1) is 6.92 Å². The molecule has 1 N–H and O–H groups in total. The zero-order valence-electron chi connectivity index (χ0n) is 22.7. The molecular formula is C29H30ClF3NO5P. The van der Waals surface area contributed by atoms with Crippen LogP contribution in [0.4, 0.5) is 13.2 Å². The number of ether oxygens (including phenoxy) is 2. The van der Waals surface area contributed by atoms with Gasteiger partial charge in [-0.3, -0.25) is 4.57 Å². The summed E-state index contributed by atoms with van der Waals surface area (Å²) in [4.78, 5) is 3.22. The Balaban J connectivity index is 2.00. The Bertz CT molecular complexity index is 1540. The predicted molar refractivity (Wildman–Crippen MR) is 152 cm³/mol. The minimum atomic E-state index is -4.91.